The first-order chi connectivity index (χ1) is 10.1. The molecule has 0 spiro atoms. The number of carbonyl (C=O) groups is 1. The Kier molecular flexibility index (Phi) is 3.62. The van der Waals surface area contributed by atoms with E-state index in [1.54, 1.807) is 0 Å². The van der Waals surface area contributed by atoms with E-state index in [2.05, 4.69) is 26.4 Å². The molecule has 6 heteroatoms. The second-order valence-electron chi connectivity index (χ2n) is 4.48. The Morgan fingerprint density at radius 3 is 2.71 bits per heavy atom. The maximum atomic E-state index is 10.8. The largest absolute Gasteiger partial charge is 0.476 e. The summed E-state index contributed by atoms with van der Waals surface area (Å²) in [6.45, 7) is 0.367. The van der Waals surface area contributed by atoms with Gasteiger partial charge in [-0.2, -0.15) is 0 Å². The third kappa shape index (κ3) is 2.75. The predicted octanol–water partition coefficient (Wildman–Crippen LogP) is 3.90. The van der Waals surface area contributed by atoms with Gasteiger partial charge >= 0.3 is 5.97 Å². The van der Waals surface area contributed by atoms with Crippen molar-refractivity contribution in [2.24, 2.45) is 0 Å². The van der Waals surface area contributed by atoms with Crippen molar-refractivity contribution in [2.45, 2.75) is 6.54 Å². The zero-order chi connectivity index (χ0) is 14.8. The minimum atomic E-state index is -1.10. The smallest absolute Gasteiger partial charge is 0.358 e. The van der Waals surface area contributed by atoms with Gasteiger partial charge in [-0.15, -0.1) is 0 Å². The minimum Gasteiger partial charge on any atom is -0.476 e. The summed E-state index contributed by atoms with van der Waals surface area (Å²) in [4.78, 5) is 10.8. The monoisotopic (exact) mass is 346 g/mol. The van der Waals surface area contributed by atoms with E-state index in [4.69, 9.17) is 9.63 Å². The molecule has 3 aromatic rings. The van der Waals surface area contributed by atoms with E-state index in [9.17, 15) is 4.79 Å². The molecular weight excluding hydrogens is 336 g/mol. The Hall–Kier alpha value is -2.34. The SMILES string of the molecule is O=C(O)c1cc(CNc2ccc(Br)c3ccccc23)on1. The van der Waals surface area contributed by atoms with Gasteiger partial charge in [0.2, 0.25) is 0 Å². The van der Waals surface area contributed by atoms with Gasteiger partial charge in [0.25, 0.3) is 0 Å². The number of halogens is 1. The van der Waals surface area contributed by atoms with Crippen LogP contribution in [0.15, 0.2) is 51.5 Å². The molecule has 0 bridgehead atoms. The Morgan fingerprint density at radius 2 is 2.00 bits per heavy atom. The van der Waals surface area contributed by atoms with Crippen molar-refractivity contribution < 1.29 is 14.4 Å². The van der Waals surface area contributed by atoms with E-state index >= 15 is 0 Å². The van der Waals surface area contributed by atoms with Crippen LogP contribution in [-0.2, 0) is 6.54 Å². The number of carboxylic acid groups (broad SMARTS) is 1. The van der Waals surface area contributed by atoms with E-state index in [0.717, 1.165) is 20.9 Å². The number of aromatic carboxylic acids is 1. The van der Waals surface area contributed by atoms with E-state index in [1.165, 1.54) is 6.07 Å². The average Bonchev–Trinajstić information content (AvgIpc) is 2.96. The Labute approximate surface area is 128 Å². The topological polar surface area (TPSA) is 75.4 Å². The van der Waals surface area contributed by atoms with Crippen LogP contribution in [0.4, 0.5) is 5.69 Å². The van der Waals surface area contributed by atoms with Crippen molar-refractivity contribution in [3.8, 4) is 0 Å². The molecule has 5 nitrogen and oxygen atoms in total. The van der Waals surface area contributed by atoms with E-state index < -0.39 is 5.97 Å². The molecule has 0 aliphatic heterocycles. The fraction of sp³-hybridized carbons (Fsp3) is 0.0667. The molecule has 2 aromatic carbocycles. The third-order valence-corrected chi connectivity index (χ3v) is 3.79. The van der Waals surface area contributed by atoms with Crippen LogP contribution in [0.5, 0.6) is 0 Å². The van der Waals surface area contributed by atoms with Crippen LogP contribution < -0.4 is 5.32 Å². The number of aromatic nitrogens is 1. The minimum absolute atomic E-state index is 0.0903. The second-order valence-corrected chi connectivity index (χ2v) is 5.33. The van der Waals surface area contributed by atoms with Gasteiger partial charge in [0.1, 0.15) is 0 Å². The normalized spacial score (nSPS) is 10.7. The molecule has 1 aromatic heterocycles. The molecule has 0 atom stereocenters. The standard InChI is InChI=1S/C15H11BrN2O3/c16-12-5-6-13(11-4-2-1-3-10(11)12)17-8-9-7-14(15(19)20)18-21-9/h1-7,17H,8H2,(H,19,20). The first-order valence-corrected chi connectivity index (χ1v) is 7.04. The lowest BCUT2D eigenvalue weighted by Gasteiger charge is -2.09. The highest BCUT2D eigenvalue weighted by Gasteiger charge is 2.11. The summed E-state index contributed by atoms with van der Waals surface area (Å²) in [6, 6.07) is 13.3. The molecular formula is C15H11BrN2O3. The number of nitrogens with zero attached hydrogens (tertiary/aromatic N) is 1. The second kappa shape index (κ2) is 5.57. The summed E-state index contributed by atoms with van der Waals surface area (Å²) in [5, 5.41) is 17.7. The van der Waals surface area contributed by atoms with E-state index in [-0.39, 0.29) is 5.69 Å². The van der Waals surface area contributed by atoms with Gasteiger partial charge in [-0.1, -0.05) is 45.4 Å². The summed E-state index contributed by atoms with van der Waals surface area (Å²) >= 11 is 3.52. The average molecular weight is 347 g/mol. The van der Waals surface area contributed by atoms with E-state index in [1.807, 2.05) is 36.4 Å². The number of carboxylic acids is 1. The van der Waals surface area contributed by atoms with Crippen molar-refractivity contribution in [1.82, 2.24) is 5.16 Å². The van der Waals surface area contributed by atoms with Crippen LogP contribution in [-0.4, -0.2) is 16.2 Å². The summed E-state index contributed by atoms with van der Waals surface area (Å²) in [7, 11) is 0. The molecule has 3 rings (SSSR count). The summed E-state index contributed by atoms with van der Waals surface area (Å²) < 4.78 is 6.01. The number of benzene rings is 2. The van der Waals surface area contributed by atoms with Crippen LogP contribution in [0, 0.1) is 0 Å². The predicted molar refractivity (Wildman–Crippen MR) is 82.4 cm³/mol. The van der Waals surface area contributed by atoms with Crippen LogP contribution in [0.2, 0.25) is 0 Å². The Morgan fingerprint density at radius 1 is 1.24 bits per heavy atom. The van der Waals surface area contributed by atoms with Crippen LogP contribution in [0.25, 0.3) is 10.8 Å². The van der Waals surface area contributed by atoms with Gasteiger partial charge in [0.05, 0.1) is 6.54 Å². The molecule has 0 radical (unpaired) electrons. The molecule has 106 valence electrons. The molecule has 2 N–H and O–H groups in total. The molecule has 0 saturated carbocycles. The van der Waals surface area contributed by atoms with E-state index in [0.29, 0.717) is 12.3 Å². The zero-order valence-electron chi connectivity index (χ0n) is 10.8. The van der Waals surface area contributed by atoms with Crippen molar-refractivity contribution in [1.29, 1.82) is 0 Å². The maximum Gasteiger partial charge on any atom is 0.358 e. The lowest BCUT2D eigenvalue weighted by molar-refractivity contribution is 0.0685. The van der Waals surface area contributed by atoms with Crippen molar-refractivity contribution in [2.75, 3.05) is 5.32 Å². The first kappa shape index (κ1) is 13.6. The number of rotatable bonds is 4. The molecule has 0 aliphatic rings. The number of hydrogen-bond donors (Lipinski definition) is 2. The van der Waals surface area contributed by atoms with Crippen LogP contribution >= 0.6 is 15.9 Å². The van der Waals surface area contributed by atoms with Crippen LogP contribution in [0.3, 0.4) is 0 Å². The van der Waals surface area contributed by atoms with Gasteiger partial charge in [-0.25, -0.2) is 4.79 Å². The van der Waals surface area contributed by atoms with Gasteiger partial charge < -0.3 is 14.9 Å². The highest BCUT2D eigenvalue weighted by molar-refractivity contribution is 9.10. The number of fused-ring (bicyclic) bond motifs is 1. The van der Waals surface area contributed by atoms with Gasteiger partial charge in [-0.05, 0) is 17.5 Å². The van der Waals surface area contributed by atoms with Gasteiger partial charge in [0, 0.05) is 21.6 Å². The summed E-state index contributed by atoms with van der Waals surface area (Å²) in [5.74, 6) is -0.626. The fourth-order valence-corrected chi connectivity index (χ4v) is 2.57. The first-order valence-electron chi connectivity index (χ1n) is 6.25. The summed E-state index contributed by atoms with van der Waals surface area (Å²) in [5.41, 5.74) is 0.856. The Balaban J connectivity index is 1.85. The van der Waals surface area contributed by atoms with Crippen molar-refractivity contribution >= 4 is 38.4 Å². The summed E-state index contributed by atoms with van der Waals surface area (Å²) in [6.07, 6.45) is 0. The van der Waals surface area contributed by atoms with Crippen molar-refractivity contribution in [3.63, 3.8) is 0 Å². The zero-order valence-corrected chi connectivity index (χ0v) is 12.4. The maximum absolute atomic E-state index is 10.8. The third-order valence-electron chi connectivity index (χ3n) is 3.10. The van der Waals surface area contributed by atoms with Crippen LogP contribution in [0.1, 0.15) is 16.2 Å². The molecule has 0 saturated heterocycles. The number of anilines is 1. The van der Waals surface area contributed by atoms with Gasteiger partial charge in [-0.3, -0.25) is 0 Å². The lowest BCUT2D eigenvalue weighted by atomic mass is 10.1. The quantitative estimate of drug-likeness (QED) is 0.749. The number of hydrogen-bond acceptors (Lipinski definition) is 4. The highest BCUT2D eigenvalue weighted by atomic mass is 79.9. The molecule has 21 heavy (non-hydrogen) atoms. The van der Waals surface area contributed by atoms with Gasteiger partial charge in [0.15, 0.2) is 11.5 Å². The fourth-order valence-electron chi connectivity index (χ4n) is 2.10. The molecule has 0 fully saturated rings. The molecule has 0 unspecified atom stereocenters. The molecule has 0 aliphatic carbocycles. The van der Waals surface area contributed by atoms with Crippen molar-refractivity contribution in [3.05, 3.63) is 58.4 Å². The Bertz CT molecular complexity index is 814. The lowest BCUT2D eigenvalue weighted by Crippen LogP contribution is -1.99. The molecule has 1 heterocycles. The highest BCUT2D eigenvalue weighted by Crippen LogP contribution is 2.30. The molecule has 0 amide bonds. The number of nitrogens with one attached hydrogen (secondary N) is 1.